The summed E-state index contributed by atoms with van der Waals surface area (Å²) in [5.41, 5.74) is 3.61. The summed E-state index contributed by atoms with van der Waals surface area (Å²) in [5.74, 6) is 4.21. The molecule has 0 bridgehead atoms. The van der Waals surface area contributed by atoms with Gasteiger partial charge in [0.05, 0.1) is 11.8 Å². The first-order chi connectivity index (χ1) is 14.4. The van der Waals surface area contributed by atoms with Crippen LogP contribution in [0.4, 0.5) is 0 Å². The zero-order valence-corrected chi connectivity index (χ0v) is 19.2. The summed E-state index contributed by atoms with van der Waals surface area (Å²) in [6.45, 7) is 7.69. The molecule has 0 spiro atoms. The van der Waals surface area contributed by atoms with Crippen molar-refractivity contribution in [1.29, 1.82) is 0 Å². The standard InChI is InChI=1S/C27H40N2O/c1-18(6-8-20-5-4-16-28-29-20)23-10-11-24-22-9-7-19-17-21(30)12-14-26(19,2)25(22)13-15-27(23,24)3/h4-5,7,16,18,21-25,30H,6,8-15,17H2,1-3H3. The van der Waals surface area contributed by atoms with Crippen LogP contribution in [0.15, 0.2) is 30.0 Å². The average molecular weight is 409 g/mol. The second kappa shape index (κ2) is 7.73. The van der Waals surface area contributed by atoms with Gasteiger partial charge in [-0.1, -0.05) is 32.4 Å². The topological polar surface area (TPSA) is 46.0 Å². The predicted octanol–water partition coefficient (Wildman–Crippen LogP) is 5.99. The molecule has 1 N–H and O–H groups in total. The van der Waals surface area contributed by atoms with Gasteiger partial charge in [0, 0.05) is 6.20 Å². The summed E-state index contributed by atoms with van der Waals surface area (Å²) in [6, 6.07) is 4.13. The van der Waals surface area contributed by atoms with E-state index in [0.717, 1.165) is 54.5 Å². The van der Waals surface area contributed by atoms with Gasteiger partial charge >= 0.3 is 0 Å². The van der Waals surface area contributed by atoms with Crippen LogP contribution in [-0.2, 0) is 6.42 Å². The van der Waals surface area contributed by atoms with Gasteiger partial charge in [0.2, 0.25) is 0 Å². The van der Waals surface area contributed by atoms with E-state index < -0.39 is 0 Å². The first-order valence-corrected chi connectivity index (χ1v) is 12.6. The zero-order chi connectivity index (χ0) is 20.9. The number of aliphatic hydroxyl groups excluding tert-OH is 1. The molecule has 3 nitrogen and oxygen atoms in total. The number of allylic oxidation sites excluding steroid dienone is 1. The molecule has 0 saturated heterocycles. The normalized spacial score (nSPS) is 43.9. The van der Waals surface area contributed by atoms with Crippen LogP contribution in [0.2, 0.25) is 0 Å². The van der Waals surface area contributed by atoms with E-state index >= 15 is 0 Å². The van der Waals surface area contributed by atoms with E-state index in [1.165, 1.54) is 44.9 Å². The van der Waals surface area contributed by atoms with Gasteiger partial charge in [-0.2, -0.15) is 10.2 Å². The summed E-state index contributed by atoms with van der Waals surface area (Å²) in [7, 11) is 0. The largest absolute Gasteiger partial charge is 0.393 e. The van der Waals surface area contributed by atoms with Gasteiger partial charge in [-0.25, -0.2) is 0 Å². The molecule has 1 aromatic heterocycles. The van der Waals surface area contributed by atoms with E-state index in [0.29, 0.717) is 10.8 Å². The second-order valence-corrected chi connectivity index (χ2v) is 11.6. The van der Waals surface area contributed by atoms with Gasteiger partial charge in [0.15, 0.2) is 0 Å². The van der Waals surface area contributed by atoms with Crippen molar-refractivity contribution in [3.8, 4) is 0 Å². The van der Waals surface area contributed by atoms with Crippen molar-refractivity contribution < 1.29 is 5.11 Å². The van der Waals surface area contributed by atoms with E-state index in [2.05, 4.69) is 43.1 Å². The molecule has 4 aliphatic rings. The molecule has 3 heteroatoms. The summed E-state index contributed by atoms with van der Waals surface area (Å²) >= 11 is 0. The molecule has 4 aliphatic carbocycles. The molecule has 0 amide bonds. The lowest BCUT2D eigenvalue weighted by molar-refractivity contribution is -0.0571. The Balaban J connectivity index is 1.31. The fraction of sp³-hybridized carbons (Fsp3) is 0.778. The van der Waals surface area contributed by atoms with E-state index in [9.17, 15) is 5.11 Å². The number of hydrogen-bond donors (Lipinski definition) is 1. The van der Waals surface area contributed by atoms with Crippen LogP contribution in [0.1, 0.15) is 84.3 Å². The van der Waals surface area contributed by atoms with Crippen molar-refractivity contribution in [2.24, 2.45) is 40.4 Å². The van der Waals surface area contributed by atoms with Crippen LogP contribution >= 0.6 is 0 Å². The lowest BCUT2D eigenvalue weighted by atomic mass is 9.47. The Bertz CT molecular complexity index is 791. The number of nitrogens with zero attached hydrogens (tertiary/aromatic N) is 2. The quantitative estimate of drug-likeness (QED) is 0.623. The molecule has 1 aromatic rings. The molecule has 8 atom stereocenters. The molecule has 8 unspecified atom stereocenters. The van der Waals surface area contributed by atoms with Crippen molar-refractivity contribution in [3.63, 3.8) is 0 Å². The Morgan fingerprint density at radius 3 is 2.80 bits per heavy atom. The Morgan fingerprint density at radius 2 is 2.00 bits per heavy atom. The van der Waals surface area contributed by atoms with Crippen LogP contribution in [0.3, 0.4) is 0 Å². The Kier molecular flexibility index (Phi) is 5.32. The molecule has 0 aliphatic heterocycles. The van der Waals surface area contributed by atoms with Gasteiger partial charge in [0.25, 0.3) is 0 Å². The summed E-state index contributed by atoms with van der Waals surface area (Å²) in [4.78, 5) is 0. The first-order valence-electron chi connectivity index (χ1n) is 12.6. The smallest absolute Gasteiger partial charge is 0.0631 e. The minimum absolute atomic E-state index is 0.0965. The van der Waals surface area contributed by atoms with Crippen molar-refractivity contribution in [3.05, 3.63) is 35.7 Å². The van der Waals surface area contributed by atoms with Crippen molar-refractivity contribution in [2.45, 2.75) is 91.1 Å². The highest BCUT2D eigenvalue weighted by molar-refractivity contribution is 5.25. The Morgan fingerprint density at radius 1 is 1.13 bits per heavy atom. The minimum atomic E-state index is -0.0965. The number of aromatic nitrogens is 2. The van der Waals surface area contributed by atoms with Gasteiger partial charge < -0.3 is 5.11 Å². The van der Waals surface area contributed by atoms with Crippen LogP contribution in [0, 0.1) is 40.4 Å². The zero-order valence-electron chi connectivity index (χ0n) is 19.2. The monoisotopic (exact) mass is 408 g/mol. The summed E-state index contributed by atoms with van der Waals surface area (Å²) in [5, 5.41) is 18.6. The molecule has 1 heterocycles. The van der Waals surface area contributed by atoms with Crippen LogP contribution in [0.5, 0.6) is 0 Å². The maximum Gasteiger partial charge on any atom is 0.0631 e. The fourth-order valence-corrected chi connectivity index (χ4v) is 8.66. The van der Waals surface area contributed by atoms with E-state index in [1.54, 1.807) is 11.8 Å². The summed E-state index contributed by atoms with van der Waals surface area (Å²) < 4.78 is 0. The third-order valence-corrected chi connectivity index (χ3v) is 10.3. The fourth-order valence-electron chi connectivity index (χ4n) is 8.66. The number of hydrogen-bond acceptors (Lipinski definition) is 3. The number of aryl methyl sites for hydroxylation is 1. The highest BCUT2D eigenvalue weighted by Gasteiger charge is 2.59. The van der Waals surface area contributed by atoms with Gasteiger partial charge in [-0.3, -0.25) is 0 Å². The lowest BCUT2D eigenvalue weighted by Crippen LogP contribution is -2.50. The van der Waals surface area contributed by atoms with Crippen molar-refractivity contribution in [1.82, 2.24) is 10.2 Å². The molecule has 0 radical (unpaired) electrons. The number of rotatable bonds is 4. The molecule has 30 heavy (non-hydrogen) atoms. The maximum atomic E-state index is 10.2. The van der Waals surface area contributed by atoms with Crippen LogP contribution < -0.4 is 0 Å². The Labute approximate surface area is 182 Å². The lowest BCUT2D eigenvalue weighted by Gasteiger charge is -2.58. The van der Waals surface area contributed by atoms with E-state index in [-0.39, 0.29) is 6.10 Å². The first kappa shape index (κ1) is 20.7. The molecular formula is C27H40N2O. The summed E-state index contributed by atoms with van der Waals surface area (Å²) in [6.07, 6.45) is 16.6. The van der Waals surface area contributed by atoms with Crippen molar-refractivity contribution in [2.75, 3.05) is 0 Å². The van der Waals surface area contributed by atoms with Crippen LogP contribution in [0.25, 0.3) is 0 Å². The third kappa shape index (κ3) is 3.27. The van der Waals surface area contributed by atoms with Gasteiger partial charge in [-0.05, 0) is 117 Å². The molecule has 0 aromatic carbocycles. The average Bonchev–Trinajstić information content (AvgIpc) is 3.10. The van der Waals surface area contributed by atoms with Gasteiger partial charge in [0.1, 0.15) is 0 Å². The minimum Gasteiger partial charge on any atom is -0.393 e. The van der Waals surface area contributed by atoms with E-state index in [1.807, 2.05) is 6.07 Å². The highest BCUT2D eigenvalue weighted by Crippen LogP contribution is 2.67. The molecule has 3 fully saturated rings. The van der Waals surface area contributed by atoms with E-state index in [4.69, 9.17) is 0 Å². The van der Waals surface area contributed by atoms with Gasteiger partial charge in [-0.15, -0.1) is 0 Å². The Hall–Kier alpha value is -1.22. The second-order valence-electron chi connectivity index (χ2n) is 11.6. The SMILES string of the molecule is CC(CCc1cccnn1)C1CCC2C3CC=C4CC(O)CCC4(C)C3CCC12C. The molecule has 3 saturated carbocycles. The predicted molar refractivity (Wildman–Crippen MR) is 121 cm³/mol. The molecule has 5 rings (SSSR count). The number of aliphatic hydroxyl groups is 1. The maximum absolute atomic E-state index is 10.2. The highest BCUT2D eigenvalue weighted by atomic mass is 16.3. The van der Waals surface area contributed by atoms with Crippen molar-refractivity contribution >= 4 is 0 Å². The molecular weight excluding hydrogens is 368 g/mol. The molecule has 164 valence electrons. The number of fused-ring (bicyclic) bond motifs is 5. The van der Waals surface area contributed by atoms with Crippen LogP contribution in [-0.4, -0.2) is 21.4 Å². The third-order valence-electron chi connectivity index (χ3n) is 10.3.